The van der Waals surface area contributed by atoms with Gasteiger partial charge >= 0.3 is 6.03 Å². The summed E-state index contributed by atoms with van der Waals surface area (Å²) in [6.07, 6.45) is 9.14. The molecule has 6 nitrogen and oxygen atoms in total. The maximum atomic E-state index is 12.1. The quantitative estimate of drug-likeness (QED) is 0.182. The molecule has 7 heteroatoms. The van der Waals surface area contributed by atoms with Crippen LogP contribution in [0.3, 0.4) is 0 Å². The Hall–Kier alpha value is -2.98. The molecule has 2 aromatic rings. The molecule has 2 unspecified atom stereocenters. The van der Waals surface area contributed by atoms with Gasteiger partial charge in [-0.15, -0.1) is 0 Å². The Bertz CT molecular complexity index is 1050. The monoisotopic (exact) mass is 504 g/mol. The van der Waals surface area contributed by atoms with Crippen molar-refractivity contribution in [3.63, 3.8) is 0 Å². The van der Waals surface area contributed by atoms with E-state index in [-0.39, 0.29) is 24.0 Å². The van der Waals surface area contributed by atoms with Gasteiger partial charge in [-0.05, 0) is 48.8 Å². The van der Waals surface area contributed by atoms with Crippen molar-refractivity contribution in [1.29, 1.82) is 0 Å². The second-order valence-electron chi connectivity index (χ2n) is 9.74. The van der Waals surface area contributed by atoms with Gasteiger partial charge in [-0.1, -0.05) is 67.8 Å². The molecule has 0 bridgehead atoms. The minimum absolute atomic E-state index is 0.0369. The molecule has 2 saturated heterocycles. The van der Waals surface area contributed by atoms with Gasteiger partial charge in [0.1, 0.15) is 0 Å². The van der Waals surface area contributed by atoms with Gasteiger partial charge in [-0.3, -0.25) is 4.79 Å². The van der Waals surface area contributed by atoms with Crippen molar-refractivity contribution in [2.24, 2.45) is 0 Å². The lowest BCUT2D eigenvalue weighted by Crippen LogP contribution is -2.36. The van der Waals surface area contributed by atoms with Crippen LogP contribution >= 0.6 is 11.8 Å². The predicted octanol–water partition coefficient (Wildman–Crippen LogP) is 5.85. The first kappa shape index (κ1) is 26.1. The van der Waals surface area contributed by atoms with Gasteiger partial charge in [0.05, 0.1) is 18.7 Å². The summed E-state index contributed by atoms with van der Waals surface area (Å²) in [5, 5.41) is 9.53. The Kier molecular flexibility index (Phi) is 9.68. The molecule has 0 spiro atoms. The van der Waals surface area contributed by atoms with Crippen LogP contribution in [0, 0.1) is 6.57 Å². The van der Waals surface area contributed by atoms with Crippen molar-refractivity contribution < 1.29 is 9.59 Å². The molecule has 4 rings (SSSR count). The first-order valence-electron chi connectivity index (χ1n) is 13.1. The lowest BCUT2D eigenvalue weighted by atomic mass is 10.0. The number of hydrogen-bond acceptors (Lipinski definition) is 3. The zero-order valence-corrected chi connectivity index (χ0v) is 21.6. The van der Waals surface area contributed by atoms with Crippen LogP contribution in [0.4, 0.5) is 10.5 Å². The van der Waals surface area contributed by atoms with Gasteiger partial charge < -0.3 is 16.0 Å². The van der Waals surface area contributed by atoms with Gasteiger partial charge in [0.25, 0.3) is 0 Å². The van der Waals surface area contributed by atoms with E-state index in [1.165, 1.54) is 17.5 Å². The number of benzene rings is 2. The minimum atomic E-state index is -0.0369. The first-order chi connectivity index (χ1) is 17.6. The van der Waals surface area contributed by atoms with E-state index in [0.29, 0.717) is 17.4 Å². The summed E-state index contributed by atoms with van der Waals surface area (Å²) < 4.78 is 0. The van der Waals surface area contributed by atoms with E-state index in [4.69, 9.17) is 6.57 Å². The molecule has 3 N–H and O–H groups in total. The number of rotatable bonds is 13. The second kappa shape index (κ2) is 13.4. The zero-order chi connectivity index (χ0) is 25.2. The van der Waals surface area contributed by atoms with E-state index in [1.54, 1.807) is 0 Å². The highest BCUT2D eigenvalue weighted by atomic mass is 32.2. The lowest BCUT2D eigenvalue weighted by molar-refractivity contribution is -0.121. The molecule has 190 valence electrons. The molecule has 0 radical (unpaired) electrons. The Morgan fingerprint density at radius 3 is 2.42 bits per heavy atom. The molecule has 2 aliphatic heterocycles. The van der Waals surface area contributed by atoms with Crippen LogP contribution in [-0.2, 0) is 11.2 Å². The summed E-state index contributed by atoms with van der Waals surface area (Å²) in [7, 11) is 0. The van der Waals surface area contributed by atoms with Crippen LogP contribution in [0.2, 0.25) is 0 Å². The maximum absolute atomic E-state index is 12.1. The van der Waals surface area contributed by atoms with Gasteiger partial charge in [-0.2, -0.15) is 11.8 Å². The fourth-order valence-electron chi connectivity index (χ4n) is 4.99. The molecular formula is C29H36N4O2S. The average molecular weight is 505 g/mol. The Morgan fingerprint density at radius 2 is 1.67 bits per heavy atom. The van der Waals surface area contributed by atoms with Crippen LogP contribution in [-0.4, -0.2) is 41.6 Å². The molecule has 2 heterocycles. The molecule has 2 fully saturated rings. The van der Waals surface area contributed by atoms with E-state index in [1.807, 2.05) is 36.0 Å². The molecule has 2 aromatic carbocycles. The number of hydrogen-bond donors (Lipinski definition) is 3. The average Bonchev–Trinajstić information content (AvgIpc) is 3.45. The summed E-state index contributed by atoms with van der Waals surface area (Å²) >= 11 is 1.93. The highest BCUT2D eigenvalue weighted by Crippen LogP contribution is 2.33. The van der Waals surface area contributed by atoms with Gasteiger partial charge in [0.2, 0.25) is 5.91 Å². The number of nitrogens with one attached hydrogen (secondary N) is 3. The molecule has 0 saturated carbocycles. The number of thioether (sulfide) groups is 1. The number of amides is 3. The molecule has 3 atom stereocenters. The van der Waals surface area contributed by atoms with Crippen molar-refractivity contribution >= 4 is 29.4 Å². The molecule has 36 heavy (non-hydrogen) atoms. The Balaban J connectivity index is 1.00. The Morgan fingerprint density at radius 1 is 0.944 bits per heavy atom. The number of carbonyl (C=O) groups excluding carboxylic acids is 2. The number of aryl methyl sites for hydroxylation is 1. The highest BCUT2D eigenvalue weighted by Gasteiger charge is 2.42. The molecule has 0 aromatic heterocycles. The number of carbonyl (C=O) groups is 2. The van der Waals surface area contributed by atoms with Crippen LogP contribution in [0.25, 0.3) is 16.0 Å². The third kappa shape index (κ3) is 7.51. The third-order valence-electron chi connectivity index (χ3n) is 7.08. The van der Waals surface area contributed by atoms with E-state index in [0.717, 1.165) is 62.8 Å². The molecular weight excluding hydrogens is 468 g/mol. The van der Waals surface area contributed by atoms with Crippen LogP contribution in [0.5, 0.6) is 0 Å². The van der Waals surface area contributed by atoms with E-state index in [2.05, 4.69) is 45.1 Å². The summed E-state index contributed by atoms with van der Waals surface area (Å²) in [5.74, 6) is 1.15. The smallest absolute Gasteiger partial charge is 0.315 e. The van der Waals surface area contributed by atoms with E-state index >= 15 is 0 Å². The summed E-state index contributed by atoms with van der Waals surface area (Å²) in [5.41, 5.74) is 4.33. The topological polar surface area (TPSA) is 74.6 Å². The molecule has 0 aliphatic carbocycles. The van der Waals surface area contributed by atoms with Crippen molar-refractivity contribution in [1.82, 2.24) is 16.0 Å². The number of urea groups is 1. The van der Waals surface area contributed by atoms with Crippen LogP contribution < -0.4 is 16.0 Å². The zero-order valence-electron chi connectivity index (χ0n) is 20.8. The minimum Gasteiger partial charge on any atom is -0.356 e. The summed E-state index contributed by atoms with van der Waals surface area (Å²) in [6, 6.07) is 16.9. The predicted molar refractivity (Wildman–Crippen MR) is 147 cm³/mol. The fraction of sp³-hybridized carbons (Fsp3) is 0.483. The number of fused-ring (bicyclic) bond motifs is 1. The molecule has 2 aliphatic rings. The first-order valence-corrected chi connectivity index (χ1v) is 14.2. The van der Waals surface area contributed by atoms with Gasteiger partial charge in [-0.25, -0.2) is 9.64 Å². The largest absolute Gasteiger partial charge is 0.356 e. The lowest BCUT2D eigenvalue weighted by Gasteiger charge is -2.16. The van der Waals surface area contributed by atoms with Crippen LogP contribution in [0.15, 0.2) is 48.5 Å². The number of unbranched alkanes of at least 4 members (excludes halogenated alkanes) is 4. The van der Waals surface area contributed by atoms with Crippen LogP contribution in [0.1, 0.15) is 56.9 Å². The van der Waals surface area contributed by atoms with Gasteiger partial charge in [0.15, 0.2) is 5.69 Å². The normalized spacial score (nSPS) is 20.3. The second-order valence-corrected chi connectivity index (χ2v) is 11.0. The number of nitrogens with zero attached hydrogens (tertiary/aromatic N) is 1. The van der Waals surface area contributed by atoms with Gasteiger partial charge in [0, 0.05) is 24.0 Å². The summed E-state index contributed by atoms with van der Waals surface area (Å²) in [4.78, 5) is 27.0. The van der Waals surface area contributed by atoms with Crippen molar-refractivity contribution in [3.8, 4) is 11.1 Å². The van der Waals surface area contributed by atoms with E-state index in [9.17, 15) is 9.59 Å². The highest BCUT2D eigenvalue weighted by molar-refractivity contribution is 8.00. The third-order valence-corrected chi connectivity index (χ3v) is 8.59. The standard InChI is InChI=1S/C29H36N4O2S/c1-30-24-17-15-23(16-18-24)22-13-11-21(12-14-22)8-4-2-3-7-19-31-27(34)10-6-5-9-26-28-25(20-36-26)32-29(35)33-28/h11-18,25-26,28H,2-10,19-20H2,(H,31,34)(H2,32,33,35)/t25?,26-,28?/m0/s1. The SMILES string of the molecule is [C-]#[N+]c1ccc(-c2ccc(CCCCCCNC(=O)CCCC[C@@H]3SCC4NC(=O)NC43)cc2)cc1. The fourth-order valence-corrected chi connectivity index (χ4v) is 6.53. The molecule has 3 amide bonds. The Labute approximate surface area is 218 Å². The van der Waals surface area contributed by atoms with Crippen molar-refractivity contribution in [3.05, 3.63) is 65.5 Å². The van der Waals surface area contributed by atoms with Crippen molar-refractivity contribution in [2.75, 3.05) is 12.3 Å². The maximum Gasteiger partial charge on any atom is 0.315 e. The summed E-state index contributed by atoms with van der Waals surface area (Å²) in [6.45, 7) is 7.82. The van der Waals surface area contributed by atoms with Crippen molar-refractivity contribution in [2.45, 2.75) is 75.1 Å². The van der Waals surface area contributed by atoms with E-state index < -0.39 is 0 Å².